The van der Waals surface area contributed by atoms with Crippen molar-refractivity contribution < 1.29 is 24.2 Å². The number of benzene rings is 2. The van der Waals surface area contributed by atoms with Crippen LogP contribution in [0, 0.1) is 5.41 Å². The van der Waals surface area contributed by atoms with Gasteiger partial charge >= 0.3 is 5.97 Å². The van der Waals surface area contributed by atoms with E-state index >= 15 is 0 Å². The molecule has 8 nitrogen and oxygen atoms in total. The van der Waals surface area contributed by atoms with Gasteiger partial charge in [0.25, 0.3) is 5.91 Å². The maximum atomic E-state index is 13.1. The van der Waals surface area contributed by atoms with Crippen LogP contribution < -0.4 is 10.6 Å². The first-order valence-corrected chi connectivity index (χ1v) is 9.24. The Hall–Kier alpha value is -3.65. The van der Waals surface area contributed by atoms with Crippen molar-refractivity contribution in [2.24, 2.45) is 5.73 Å². The van der Waals surface area contributed by atoms with Crippen LogP contribution >= 0.6 is 0 Å². The van der Waals surface area contributed by atoms with Gasteiger partial charge in [0.05, 0.1) is 26.3 Å². The van der Waals surface area contributed by atoms with Crippen molar-refractivity contribution in [3.8, 4) is 0 Å². The summed E-state index contributed by atoms with van der Waals surface area (Å²) in [6.45, 7) is 0.281. The van der Waals surface area contributed by atoms with Gasteiger partial charge in [-0.15, -0.1) is 0 Å². The van der Waals surface area contributed by atoms with Gasteiger partial charge in [-0.25, -0.2) is 4.79 Å². The fourth-order valence-electron chi connectivity index (χ4n) is 3.28. The molecule has 0 saturated carbocycles. The lowest BCUT2D eigenvalue weighted by atomic mass is 10.0. The number of nitrogens with zero attached hydrogens (tertiary/aromatic N) is 1. The molecule has 0 aliphatic carbocycles. The highest BCUT2D eigenvalue weighted by atomic mass is 16.5. The Morgan fingerprint density at radius 3 is 2.33 bits per heavy atom. The molecule has 1 aliphatic rings. The van der Waals surface area contributed by atoms with Crippen molar-refractivity contribution in [1.82, 2.24) is 0 Å². The molecule has 2 aromatic carbocycles. The summed E-state index contributed by atoms with van der Waals surface area (Å²) in [6, 6.07) is 13.9. The van der Waals surface area contributed by atoms with Crippen LogP contribution in [0.3, 0.4) is 0 Å². The standard InChI is InChI=1S/C22H23N3O5/c1-29-18-12-25(16-9-3-13(4-10-16)11-17(26)22(28)30-2)21(27)19(18)14-5-7-15(8-6-14)20(23)24/h3-10,17,26H,11-12H2,1-2H3,(H3,23,24). The van der Waals surface area contributed by atoms with Gasteiger partial charge in [0.15, 0.2) is 6.10 Å². The van der Waals surface area contributed by atoms with E-state index in [4.69, 9.17) is 15.9 Å². The molecule has 4 N–H and O–H groups in total. The summed E-state index contributed by atoms with van der Waals surface area (Å²) in [7, 11) is 2.74. The SMILES string of the molecule is COC(=O)C(O)Cc1ccc(N2CC(OC)=C(c3ccc(C(=N)N)cc3)C2=O)cc1. The maximum absolute atomic E-state index is 13.1. The van der Waals surface area contributed by atoms with Gasteiger partial charge in [-0.3, -0.25) is 10.2 Å². The molecule has 1 atom stereocenters. The summed E-state index contributed by atoms with van der Waals surface area (Å²) in [5.74, 6) is -0.395. The number of rotatable bonds is 7. The Kier molecular flexibility index (Phi) is 6.17. The van der Waals surface area contributed by atoms with E-state index in [0.29, 0.717) is 28.1 Å². The Morgan fingerprint density at radius 2 is 1.80 bits per heavy atom. The van der Waals surface area contributed by atoms with E-state index in [1.54, 1.807) is 53.4 Å². The number of carbonyl (C=O) groups excluding carboxylic acids is 2. The predicted molar refractivity (Wildman–Crippen MR) is 112 cm³/mol. The molecule has 0 spiro atoms. The molecule has 1 aliphatic heterocycles. The molecule has 8 heteroatoms. The maximum Gasteiger partial charge on any atom is 0.335 e. The highest BCUT2D eigenvalue weighted by molar-refractivity contribution is 6.29. The Morgan fingerprint density at radius 1 is 1.17 bits per heavy atom. The lowest BCUT2D eigenvalue weighted by Crippen LogP contribution is -2.27. The molecule has 2 aromatic rings. The average Bonchev–Trinajstić information content (AvgIpc) is 3.09. The molecular formula is C22H23N3O5. The largest absolute Gasteiger partial charge is 0.498 e. The number of nitrogens with one attached hydrogen (secondary N) is 1. The van der Waals surface area contributed by atoms with Crippen LogP contribution in [0.1, 0.15) is 16.7 Å². The number of anilines is 1. The highest BCUT2D eigenvalue weighted by Gasteiger charge is 2.33. The number of aliphatic hydroxyl groups excluding tert-OH is 1. The van der Waals surface area contributed by atoms with Gasteiger partial charge in [-0.05, 0) is 23.3 Å². The summed E-state index contributed by atoms with van der Waals surface area (Å²) in [4.78, 5) is 26.1. The molecule has 3 rings (SSSR count). The number of methoxy groups -OCH3 is 2. The van der Waals surface area contributed by atoms with Gasteiger partial charge in [0.1, 0.15) is 11.6 Å². The number of nitrogens with two attached hydrogens (primary N) is 1. The van der Waals surface area contributed by atoms with Gasteiger partial charge < -0.3 is 25.2 Å². The van der Waals surface area contributed by atoms with E-state index in [-0.39, 0.29) is 24.7 Å². The quantitative estimate of drug-likeness (QED) is 0.361. The number of amides is 1. The Balaban J connectivity index is 1.80. The van der Waals surface area contributed by atoms with Gasteiger partial charge in [-0.2, -0.15) is 0 Å². The van der Waals surface area contributed by atoms with Gasteiger partial charge in [-0.1, -0.05) is 36.4 Å². The van der Waals surface area contributed by atoms with Crippen molar-refractivity contribution in [3.05, 3.63) is 71.0 Å². The van der Waals surface area contributed by atoms with E-state index in [9.17, 15) is 14.7 Å². The molecule has 156 valence electrons. The zero-order chi connectivity index (χ0) is 21.8. The van der Waals surface area contributed by atoms with Crippen LogP contribution in [-0.2, 0) is 25.5 Å². The molecule has 1 unspecified atom stereocenters. The number of hydrogen-bond acceptors (Lipinski definition) is 6. The van der Waals surface area contributed by atoms with Crippen LogP contribution in [0.4, 0.5) is 5.69 Å². The summed E-state index contributed by atoms with van der Waals surface area (Å²) >= 11 is 0. The number of nitrogen functional groups attached to an aromatic ring is 1. The molecule has 0 radical (unpaired) electrons. The van der Waals surface area contributed by atoms with Crippen molar-refractivity contribution in [2.45, 2.75) is 12.5 Å². The van der Waals surface area contributed by atoms with E-state index in [2.05, 4.69) is 4.74 Å². The highest BCUT2D eigenvalue weighted by Crippen LogP contribution is 2.32. The molecule has 30 heavy (non-hydrogen) atoms. The second kappa shape index (κ2) is 8.79. The summed E-state index contributed by atoms with van der Waals surface area (Å²) < 4.78 is 9.98. The van der Waals surface area contributed by atoms with Gasteiger partial charge in [0.2, 0.25) is 0 Å². The summed E-state index contributed by atoms with van der Waals surface area (Å²) in [5, 5.41) is 17.3. The monoisotopic (exact) mass is 409 g/mol. The van der Waals surface area contributed by atoms with Crippen LogP contribution in [0.15, 0.2) is 54.3 Å². The third-order valence-corrected chi connectivity index (χ3v) is 4.92. The third kappa shape index (κ3) is 4.18. The number of esters is 1. The Bertz CT molecular complexity index is 996. The fraction of sp³-hybridized carbons (Fsp3) is 0.227. The van der Waals surface area contributed by atoms with Crippen LogP contribution in [0.25, 0.3) is 5.57 Å². The van der Waals surface area contributed by atoms with Crippen LogP contribution in [0.2, 0.25) is 0 Å². The van der Waals surface area contributed by atoms with Crippen molar-refractivity contribution >= 4 is 29.0 Å². The smallest absolute Gasteiger partial charge is 0.335 e. The van der Waals surface area contributed by atoms with Crippen molar-refractivity contribution in [2.75, 3.05) is 25.7 Å². The van der Waals surface area contributed by atoms with Crippen LogP contribution in [-0.4, -0.2) is 49.7 Å². The van der Waals surface area contributed by atoms with Crippen molar-refractivity contribution in [3.63, 3.8) is 0 Å². The van der Waals surface area contributed by atoms with Gasteiger partial charge in [0, 0.05) is 17.7 Å². The lowest BCUT2D eigenvalue weighted by Gasteiger charge is -2.17. The zero-order valence-corrected chi connectivity index (χ0v) is 16.7. The average molecular weight is 409 g/mol. The molecule has 0 bridgehead atoms. The minimum Gasteiger partial charge on any atom is -0.498 e. The first-order valence-electron chi connectivity index (χ1n) is 9.24. The molecule has 1 heterocycles. The van der Waals surface area contributed by atoms with E-state index < -0.39 is 12.1 Å². The zero-order valence-electron chi connectivity index (χ0n) is 16.7. The summed E-state index contributed by atoms with van der Waals surface area (Å²) in [5.41, 5.74) is 8.61. The van der Waals surface area contributed by atoms with E-state index in [1.165, 1.54) is 14.2 Å². The van der Waals surface area contributed by atoms with E-state index in [1.807, 2.05) is 0 Å². The minimum atomic E-state index is -1.24. The molecule has 1 amide bonds. The fourth-order valence-corrected chi connectivity index (χ4v) is 3.28. The second-order valence-corrected chi connectivity index (χ2v) is 6.79. The lowest BCUT2D eigenvalue weighted by molar-refractivity contribution is -0.150. The normalized spacial score (nSPS) is 14.6. The number of hydrogen-bond donors (Lipinski definition) is 3. The first kappa shape index (κ1) is 21.1. The number of ether oxygens (including phenoxy) is 2. The molecule has 0 fully saturated rings. The number of carbonyl (C=O) groups is 2. The second-order valence-electron chi connectivity index (χ2n) is 6.79. The minimum absolute atomic E-state index is 0.0423. The first-order chi connectivity index (χ1) is 14.3. The van der Waals surface area contributed by atoms with Crippen LogP contribution in [0.5, 0.6) is 0 Å². The summed E-state index contributed by atoms with van der Waals surface area (Å²) in [6.07, 6.45) is -1.11. The molecule has 0 aromatic heterocycles. The number of aliphatic hydroxyl groups is 1. The topological polar surface area (TPSA) is 126 Å². The molecule has 0 saturated heterocycles. The number of amidine groups is 1. The predicted octanol–water partition coefficient (Wildman–Crippen LogP) is 1.45. The third-order valence-electron chi connectivity index (χ3n) is 4.92. The van der Waals surface area contributed by atoms with Crippen molar-refractivity contribution in [1.29, 1.82) is 5.41 Å². The Labute approximate surface area is 174 Å². The van der Waals surface area contributed by atoms with E-state index in [0.717, 1.165) is 5.56 Å². The molecular weight excluding hydrogens is 386 g/mol.